The van der Waals surface area contributed by atoms with E-state index in [-0.39, 0.29) is 17.4 Å². The maximum Gasteiger partial charge on any atom is 0.174 e. The normalized spacial score (nSPS) is 22.6. The van der Waals surface area contributed by atoms with Crippen molar-refractivity contribution in [3.63, 3.8) is 0 Å². The van der Waals surface area contributed by atoms with Gasteiger partial charge in [0.2, 0.25) is 0 Å². The molecule has 1 nitrogen and oxygen atoms in total. The summed E-state index contributed by atoms with van der Waals surface area (Å²) in [6.45, 7) is 1.11. The average molecular weight is 506 g/mol. The molecule has 0 aliphatic carbocycles. The zero-order valence-electron chi connectivity index (χ0n) is 18.6. The molecule has 3 atom stereocenters. The molecule has 4 aromatic carbocycles. The molecule has 0 N–H and O–H groups in total. The van der Waals surface area contributed by atoms with Crippen molar-refractivity contribution < 1.29 is 17.4 Å². The van der Waals surface area contributed by atoms with E-state index in [2.05, 4.69) is 120 Å². The molecule has 0 bridgehead atoms. The molecule has 0 amide bonds. The quantitative estimate of drug-likeness (QED) is 0.271. The van der Waals surface area contributed by atoms with E-state index in [0.717, 1.165) is 6.54 Å². The topological polar surface area (TPSA) is 3.24 Å². The predicted molar refractivity (Wildman–Crippen MR) is 142 cm³/mol. The molecule has 2 aliphatic rings. The summed E-state index contributed by atoms with van der Waals surface area (Å²) in [7, 11) is -1.82. The molecule has 4 aromatic rings. The summed E-state index contributed by atoms with van der Waals surface area (Å²) in [6.07, 6.45) is 2.60. The molecular weight excluding hydrogens is 476 g/mol. The number of rotatable bonds is 4. The molecule has 0 aromatic heterocycles. The Morgan fingerprint density at radius 2 is 1.06 bits per heavy atom. The second-order valence-electron chi connectivity index (χ2n) is 8.89. The first kappa shape index (κ1) is 23.0. The van der Waals surface area contributed by atoms with Crippen molar-refractivity contribution >= 4 is 26.8 Å². The third-order valence-electron chi connectivity index (χ3n) is 7.09. The number of hydrogen-bond acceptors (Lipinski definition) is 1. The van der Waals surface area contributed by atoms with Crippen LogP contribution in [-0.4, -0.2) is 4.44 Å². The fourth-order valence-electron chi connectivity index (χ4n) is 5.71. The van der Waals surface area contributed by atoms with E-state index >= 15 is 0 Å². The fraction of sp³-hybridized carbons (Fsp3) is 0.172. The Kier molecular flexibility index (Phi) is 7.13. The summed E-state index contributed by atoms with van der Waals surface area (Å²) in [5, 5.41) is 3.14. The van der Waals surface area contributed by atoms with E-state index in [1.807, 2.05) is 0 Å². The SMILES string of the molecule is [Cr].c1ccc([C@H]2CC[C@H](c3ccccc3)[PH+]2N2Cc3ccccc3[PH+]2c2ccccc2)cc1. The van der Waals surface area contributed by atoms with Crippen LogP contribution >= 0.6 is 16.1 Å². The van der Waals surface area contributed by atoms with E-state index in [0.29, 0.717) is 11.3 Å². The molecule has 6 rings (SSSR count). The summed E-state index contributed by atoms with van der Waals surface area (Å²) in [5.41, 5.74) is 5.98. The molecule has 0 radical (unpaired) electrons. The van der Waals surface area contributed by atoms with E-state index in [1.165, 1.54) is 18.1 Å². The maximum atomic E-state index is 3.03. The molecule has 4 heteroatoms. The van der Waals surface area contributed by atoms with Gasteiger partial charge in [-0.2, -0.15) is 0 Å². The van der Waals surface area contributed by atoms with Gasteiger partial charge in [-0.1, -0.05) is 102 Å². The van der Waals surface area contributed by atoms with Gasteiger partial charge >= 0.3 is 0 Å². The van der Waals surface area contributed by atoms with Gasteiger partial charge in [0.05, 0.1) is 6.54 Å². The molecule has 0 saturated carbocycles. The standard InChI is InChI=1S/C29H27NP2.Cr/c1-4-12-23(13-5-1)28-20-21-29(24-14-6-2-7-15-24)32(28)30-22-25-16-10-11-19-27(25)31(30)26-17-8-3-9-18-26;/h1-19,28-29H,20-22H2;/p+2/t28-,29-,31?;/m1./s1. The van der Waals surface area contributed by atoms with Gasteiger partial charge < -0.3 is 0 Å². The smallest absolute Gasteiger partial charge is 0.0622 e. The first-order valence-corrected chi connectivity index (χ1v) is 14.7. The third-order valence-corrected chi connectivity index (χ3v) is 14.6. The Morgan fingerprint density at radius 3 is 1.64 bits per heavy atom. The Bertz CT molecular complexity index is 1140. The summed E-state index contributed by atoms with van der Waals surface area (Å²) >= 11 is 0. The molecule has 164 valence electrons. The fourth-order valence-corrected chi connectivity index (χ4v) is 14.5. The molecule has 2 aliphatic heterocycles. The van der Waals surface area contributed by atoms with Crippen LogP contribution in [0.25, 0.3) is 0 Å². The van der Waals surface area contributed by atoms with Gasteiger partial charge in [-0.25, -0.2) is 0 Å². The first-order valence-electron chi connectivity index (χ1n) is 11.6. The number of hydrogen-bond donors (Lipinski definition) is 0. The first-order chi connectivity index (χ1) is 15.9. The second-order valence-corrected chi connectivity index (χ2v) is 14.5. The zero-order chi connectivity index (χ0) is 21.3. The van der Waals surface area contributed by atoms with Crippen molar-refractivity contribution in [2.75, 3.05) is 0 Å². The number of fused-ring (bicyclic) bond motifs is 1. The van der Waals surface area contributed by atoms with Gasteiger partial charge in [0, 0.05) is 22.9 Å². The minimum absolute atomic E-state index is 0. The molecule has 33 heavy (non-hydrogen) atoms. The van der Waals surface area contributed by atoms with E-state index in [1.54, 1.807) is 22.0 Å². The molecule has 1 unspecified atom stereocenters. The van der Waals surface area contributed by atoms with Gasteiger partial charge in [0.25, 0.3) is 0 Å². The number of nitrogens with zero attached hydrogens (tertiary/aromatic N) is 1. The molecule has 0 spiro atoms. The van der Waals surface area contributed by atoms with E-state index in [4.69, 9.17) is 0 Å². The van der Waals surface area contributed by atoms with Crippen LogP contribution in [0.3, 0.4) is 0 Å². The van der Waals surface area contributed by atoms with Crippen molar-refractivity contribution in [3.8, 4) is 0 Å². The largest absolute Gasteiger partial charge is 0.174 e. The summed E-state index contributed by atoms with van der Waals surface area (Å²) in [6, 6.07) is 43.3. The van der Waals surface area contributed by atoms with Crippen LogP contribution in [-0.2, 0) is 23.9 Å². The molecule has 1 fully saturated rings. The second kappa shape index (κ2) is 10.2. The molecular formula is C29H29CrNP2+2. The van der Waals surface area contributed by atoms with Crippen molar-refractivity contribution in [1.82, 2.24) is 4.44 Å². The van der Waals surface area contributed by atoms with Crippen molar-refractivity contribution in [2.24, 2.45) is 0 Å². The number of benzene rings is 4. The summed E-state index contributed by atoms with van der Waals surface area (Å²) < 4.78 is 3.03. The summed E-state index contributed by atoms with van der Waals surface area (Å²) in [4.78, 5) is 0. The zero-order valence-corrected chi connectivity index (χ0v) is 21.9. The van der Waals surface area contributed by atoms with Crippen LogP contribution in [0.2, 0.25) is 0 Å². The Balaban J connectivity index is 0.00000228. The van der Waals surface area contributed by atoms with Crippen LogP contribution in [0, 0.1) is 0 Å². The van der Waals surface area contributed by atoms with E-state index < -0.39 is 16.1 Å². The Labute approximate surface area is 210 Å². The van der Waals surface area contributed by atoms with E-state index in [9.17, 15) is 0 Å². The van der Waals surface area contributed by atoms with Crippen molar-refractivity contribution in [3.05, 3.63) is 132 Å². The molecule has 1 saturated heterocycles. The maximum absolute atomic E-state index is 3.03. The monoisotopic (exact) mass is 505 g/mol. The minimum Gasteiger partial charge on any atom is -0.0622 e. The van der Waals surface area contributed by atoms with Crippen molar-refractivity contribution in [2.45, 2.75) is 30.7 Å². The average Bonchev–Trinajstić information content (AvgIpc) is 3.47. The minimum atomic E-state index is -0.968. The predicted octanol–water partition coefficient (Wildman–Crippen LogP) is 6.99. The van der Waals surface area contributed by atoms with Gasteiger partial charge in [-0.15, -0.1) is 0 Å². The summed E-state index contributed by atoms with van der Waals surface area (Å²) in [5.74, 6) is 0. The van der Waals surface area contributed by atoms with Crippen LogP contribution in [0.4, 0.5) is 0 Å². The van der Waals surface area contributed by atoms with Gasteiger partial charge in [0.15, 0.2) is 8.07 Å². The Morgan fingerprint density at radius 1 is 0.576 bits per heavy atom. The van der Waals surface area contributed by atoms with Gasteiger partial charge in [-0.05, 0) is 42.2 Å². The van der Waals surface area contributed by atoms with Crippen LogP contribution in [0.1, 0.15) is 40.8 Å². The van der Waals surface area contributed by atoms with Crippen LogP contribution in [0.5, 0.6) is 0 Å². The van der Waals surface area contributed by atoms with Crippen LogP contribution < -0.4 is 10.6 Å². The third kappa shape index (κ3) is 4.37. The molecule has 2 heterocycles. The van der Waals surface area contributed by atoms with Crippen LogP contribution in [0.15, 0.2) is 115 Å². The van der Waals surface area contributed by atoms with Gasteiger partial charge in [0.1, 0.15) is 30.0 Å². The van der Waals surface area contributed by atoms with Crippen molar-refractivity contribution in [1.29, 1.82) is 0 Å². The Hall–Kier alpha value is -1.77. The van der Waals surface area contributed by atoms with Gasteiger partial charge in [-0.3, -0.25) is 0 Å².